The molecule has 0 saturated carbocycles. The molecule has 0 radical (unpaired) electrons. The van der Waals surface area contributed by atoms with Crippen molar-refractivity contribution in [3.63, 3.8) is 0 Å². The van der Waals surface area contributed by atoms with E-state index in [4.69, 9.17) is 9.97 Å². The average molecular weight is 435 g/mol. The molecule has 7 nitrogen and oxygen atoms in total. The van der Waals surface area contributed by atoms with Crippen LogP contribution < -0.4 is 10.2 Å². The summed E-state index contributed by atoms with van der Waals surface area (Å²) >= 11 is 1.67. The molecule has 0 aliphatic carbocycles. The van der Waals surface area contributed by atoms with Crippen molar-refractivity contribution in [2.75, 3.05) is 31.1 Å². The van der Waals surface area contributed by atoms with Crippen LogP contribution in [0.2, 0.25) is 0 Å². The van der Waals surface area contributed by atoms with Gasteiger partial charge in [-0.25, -0.2) is 9.97 Å². The molecule has 3 aromatic heterocycles. The van der Waals surface area contributed by atoms with Gasteiger partial charge in [-0.2, -0.15) is 5.10 Å². The molecule has 5 heterocycles. The molecular formula is C23H26N6OS. The smallest absolute Gasteiger partial charge is 0.162 e. The number of hydrogen-bond acceptors (Lipinski definition) is 7. The Kier molecular flexibility index (Phi) is 4.66. The van der Waals surface area contributed by atoms with Crippen molar-refractivity contribution in [2.45, 2.75) is 37.7 Å². The van der Waals surface area contributed by atoms with Crippen LogP contribution >= 0.6 is 11.3 Å². The van der Waals surface area contributed by atoms with Crippen LogP contribution in [-0.2, 0) is 5.60 Å². The Hall–Kier alpha value is -2.55. The maximum atomic E-state index is 11.3. The largest absolute Gasteiger partial charge is 0.384 e. The molecule has 31 heavy (non-hydrogen) atoms. The van der Waals surface area contributed by atoms with Crippen molar-refractivity contribution in [2.24, 2.45) is 0 Å². The fourth-order valence-corrected chi connectivity index (χ4v) is 6.09. The van der Waals surface area contributed by atoms with Gasteiger partial charge in [0.2, 0.25) is 0 Å². The SMILES string of the molecule is OC1(c2cc3nc(-c4cccc5[nH]ncc45)nc(N4CCCCC4)c3s2)CCNCC1. The monoisotopic (exact) mass is 434 g/mol. The lowest BCUT2D eigenvalue weighted by molar-refractivity contribution is 0.00950. The highest BCUT2D eigenvalue weighted by molar-refractivity contribution is 7.19. The summed E-state index contributed by atoms with van der Waals surface area (Å²) in [7, 11) is 0. The van der Waals surface area contributed by atoms with Crippen molar-refractivity contribution in [1.82, 2.24) is 25.5 Å². The Balaban J connectivity index is 1.54. The van der Waals surface area contributed by atoms with Crippen LogP contribution in [0.1, 0.15) is 37.0 Å². The van der Waals surface area contributed by atoms with Gasteiger partial charge < -0.3 is 15.3 Å². The number of nitrogens with zero attached hydrogens (tertiary/aromatic N) is 4. The zero-order valence-corrected chi connectivity index (χ0v) is 18.2. The number of piperidine rings is 2. The number of fused-ring (bicyclic) bond motifs is 2. The van der Waals surface area contributed by atoms with E-state index in [1.165, 1.54) is 19.3 Å². The van der Waals surface area contributed by atoms with Gasteiger partial charge in [0.25, 0.3) is 0 Å². The van der Waals surface area contributed by atoms with E-state index in [9.17, 15) is 5.11 Å². The first-order chi connectivity index (χ1) is 15.2. The van der Waals surface area contributed by atoms with Crippen molar-refractivity contribution >= 4 is 38.3 Å². The lowest BCUT2D eigenvalue weighted by atomic mass is 9.91. The summed E-state index contributed by atoms with van der Waals surface area (Å²) in [5, 5.41) is 23.0. The maximum absolute atomic E-state index is 11.3. The highest BCUT2D eigenvalue weighted by Crippen LogP contribution is 2.42. The molecule has 8 heteroatoms. The molecule has 4 aromatic rings. The van der Waals surface area contributed by atoms with E-state index in [-0.39, 0.29) is 0 Å². The number of rotatable bonds is 3. The Morgan fingerprint density at radius 1 is 1.06 bits per heavy atom. The average Bonchev–Trinajstić information content (AvgIpc) is 3.47. The van der Waals surface area contributed by atoms with Crippen LogP contribution in [0.25, 0.3) is 32.5 Å². The molecule has 3 N–H and O–H groups in total. The standard InChI is InChI=1S/C23H26N6OS/c30-23(7-9-24-10-8-23)19-13-18-20(31-19)22(29-11-2-1-3-12-29)27-21(26-18)15-5-4-6-17-16(15)14-25-28-17/h4-6,13-14,24,30H,1-3,7-12H2,(H,25,28). The normalized spacial score (nSPS) is 19.3. The topological polar surface area (TPSA) is 90.0 Å². The second-order valence-electron chi connectivity index (χ2n) is 8.66. The van der Waals surface area contributed by atoms with Gasteiger partial charge in [0.05, 0.1) is 21.9 Å². The molecule has 2 saturated heterocycles. The van der Waals surface area contributed by atoms with Gasteiger partial charge in [-0.1, -0.05) is 12.1 Å². The van der Waals surface area contributed by atoms with E-state index >= 15 is 0 Å². The minimum Gasteiger partial charge on any atom is -0.384 e. The number of aliphatic hydroxyl groups is 1. The lowest BCUT2D eigenvalue weighted by Crippen LogP contribution is -2.39. The summed E-state index contributed by atoms with van der Waals surface area (Å²) in [5.74, 6) is 1.73. The molecule has 2 fully saturated rings. The minimum atomic E-state index is -0.777. The Morgan fingerprint density at radius 3 is 2.74 bits per heavy atom. The third-order valence-corrected chi connectivity index (χ3v) is 7.94. The van der Waals surface area contributed by atoms with Gasteiger partial charge in [-0.05, 0) is 57.3 Å². The summed E-state index contributed by atoms with van der Waals surface area (Å²) in [6.07, 6.45) is 6.95. The fraction of sp³-hybridized carbons (Fsp3) is 0.435. The van der Waals surface area contributed by atoms with Crippen LogP contribution in [0.5, 0.6) is 0 Å². The summed E-state index contributed by atoms with van der Waals surface area (Å²) in [6.45, 7) is 3.71. The third-order valence-electron chi connectivity index (χ3n) is 6.62. The zero-order chi connectivity index (χ0) is 20.8. The fourth-order valence-electron chi connectivity index (χ4n) is 4.83. The van der Waals surface area contributed by atoms with E-state index in [0.29, 0.717) is 0 Å². The summed E-state index contributed by atoms with van der Waals surface area (Å²) in [5.41, 5.74) is 2.12. The summed E-state index contributed by atoms with van der Waals surface area (Å²) < 4.78 is 1.09. The van der Waals surface area contributed by atoms with E-state index in [1.54, 1.807) is 11.3 Å². The number of nitrogens with one attached hydrogen (secondary N) is 2. The summed E-state index contributed by atoms with van der Waals surface area (Å²) in [6, 6.07) is 8.19. The molecule has 0 bridgehead atoms. The highest BCUT2D eigenvalue weighted by atomic mass is 32.1. The lowest BCUT2D eigenvalue weighted by Gasteiger charge is -2.31. The molecule has 0 atom stereocenters. The first kappa shape index (κ1) is 19.2. The Bertz CT molecular complexity index is 1240. The van der Waals surface area contributed by atoms with Crippen LogP contribution in [-0.4, -0.2) is 51.5 Å². The van der Waals surface area contributed by atoms with E-state index in [2.05, 4.69) is 32.5 Å². The van der Waals surface area contributed by atoms with Gasteiger partial charge in [-0.3, -0.25) is 5.10 Å². The minimum absolute atomic E-state index is 0.724. The van der Waals surface area contributed by atoms with E-state index in [0.717, 1.165) is 82.2 Å². The van der Waals surface area contributed by atoms with Crippen molar-refractivity contribution in [1.29, 1.82) is 0 Å². The predicted molar refractivity (Wildman–Crippen MR) is 125 cm³/mol. The maximum Gasteiger partial charge on any atom is 0.162 e. The predicted octanol–water partition coefficient (Wildman–Crippen LogP) is 3.80. The van der Waals surface area contributed by atoms with Crippen LogP contribution in [0.4, 0.5) is 5.82 Å². The van der Waals surface area contributed by atoms with Gasteiger partial charge in [-0.15, -0.1) is 11.3 Å². The van der Waals surface area contributed by atoms with Crippen LogP contribution in [0.15, 0.2) is 30.5 Å². The quantitative estimate of drug-likeness (QED) is 0.454. The molecule has 0 unspecified atom stereocenters. The molecule has 2 aliphatic rings. The van der Waals surface area contributed by atoms with Gasteiger partial charge in [0, 0.05) is 28.9 Å². The second kappa shape index (κ2) is 7.55. The van der Waals surface area contributed by atoms with Gasteiger partial charge in [0.1, 0.15) is 5.60 Å². The molecule has 6 rings (SSSR count). The van der Waals surface area contributed by atoms with Gasteiger partial charge >= 0.3 is 0 Å². The molecular weight excluding hydrogens is 408 g/mol. The second-order valence-corrected chi connectivity index (χ2v) is 9.71. The number of anilines is 1. The van der Waals surface area contributed by atoms with Crippen molar-refractivity contribution in [3.05, 3.63) is 35.3 Å². The number of thiophene rings is 1. The van der Waals surface area contributed by atoms with Gasteiger partial charge in [0.15, 0.2) is 11.6 Å². The number of hydrogen-bond donors (Lipinski definition) is 3. The third kappa shape index (κ3) is 3.30. The molecule has 1 aromatic carbocycles. The first-order valence-corrected chi connectivity index (χ1v) is 12.0. The first-order valence-electron chi connectivity index (χ1n) is 11.1. The summed E-state index contributed by atoms with van der Waals surface area (Å²) in [4.78, 5) is 13.5. The number of aromatic amines is 1. The number of aromatic nitrogens is 4. The number of benzene rings is 1. The van der Waals surface area contributed by atoms with Crippen molar-refractivity contribution < 1.29 is 5.11 Å². The van der Waals surface area contributed by atoms with E-state index < -0.39 is 5.60 Å². The van der Waals surface area contributed by atoms with Crippen LogP contribution in [0.3, 0.4) is 0 Å². The van der Waals surface area contributed by atoms with Crippen LogP contribution in [0, 0.1) is 0 Å². The number of H-pyrrole nitrogens is 1. The Labute approximate surface area is 184 Å². The molecule has 0 amide bonds. The zero-order valence-electron chi connectivity index (χ0n) is 17.4. The highest BCUT2D eigenvalue weighted by Gasteiger charge is 2.34. The van der Waals surface area contributed by atoms with E-state index in [1.807, 2.05) is 18.3 Å². The Morgan fingerprint density at radius 2 is 1.90 bits per heavy atom. The molecule has 160 valence electrons. The van der Waals surface area contributed by atoms with Crippen molar-refractivity contribution in [3.8, 4) is 11.4 Å². The molecule has 2 aliphatic heterocycles. The molecule has 0 spiro atoms.